The highest BCUT2D eigenvalue weighted by Crippen LogP contribution is 2.21. The molecule has 6 nitrogen and oxygen atoms in total. The van der Waals surface area contributed by atoms with E-state index in [9.17, 15) is 14.4 Å². The van der Waals surface area contributed by atoms with Gasteiger partial charge < -0.3 is 14.8 Å². The number of ether oxygens (including phenoxy) is 2. The molecule has 0 saturated carbocycles. The Labute approximate surface area is 168 Å². The minimum absolute atomic E-state index is 0.157. The monoisotopic (exact) mass is 402 g/mol. The first-order chi connectivity index (χ1) is 13.0. The van der Waals surface area contributed by atoms with Gasteiger partial charge in [-0.1, -0.05) is 35.9 Å². The van der Waals surface area contributed by atoms with Crippen LogP contribution in [0.5, 0.6) is 5.75 Å². The van der Waals surface area contributed by atoms with Gasteiger partial charge in [0.2, 0.25) is 0 Å². The number of halogens is 1. The zero-order valence-corrected chi connectivity index (χ0v) is 16.6. The smallest absolute Gasteiger partial charge is 0.408 e. The van der Waals surface area contributed by atoms with Crippen molar-refractivity contribution in [1.82, 2.24) is 5.32 Å². The molecule has 1 unspecified atom stereocenters. The molecule has 147 valence electrons. The summed E-state index contributed by atoms with van der Waals surface area (Å²) in [5.74, 6) is -0.995. The number of amides is 1. The van der Waals surface area contributed by atoms with E-state index in [2.05, 4.69) is 12.2 Å². The first kappa shape index (κ1) is 21.4. The average Bonchev–Trinajstić information content (AvgIpc) is 2.59. The number of Topliss-reactive ketones (excluding diaryl/α,β-unsaturated/α-hetero) is 1. The van der Waals surface area contributed by atoms with Gasteiger partial charge >= 0.3 is 12.1 Å². The van der Waals surface area contributed by atoms with E-state index in [1.165, 1.54) is 12.1 Å². The molecule has 0 aliphatic carbocycles. The van der Waals surface area contributed by atoms with Crippen LogP contribution in [0.15, 0.2) is 48.5 Å². The van der Waals surface area contributed by atoms with Gasteiger partial charge in [0.1, 0.15) is 11.4 Å². The maximum Gasteiger partial charge on any atom is 0.408 e. The molecule has 0 spiro atoms. The molecule has 0 fully saturated rings. The first-order valence-corrected chi connectivity index (χ1v) is 8.86. The molecule has 1 radical (unpaired) electrons. The molecule has 0 aromatic heterocycles. The van der Waals surface area contributed by atoms with Crippen molar-refractivity contribution in [3.05, 3.63) is 71.6 Å². The van der Waals surface area contributed by atoms with E-state index >= 15 is 0 Å². The summed E-state index contributed by atoms with van der Waals surface area (Å²) < 4.78 is 10.6. The van der Waals surface area contributed by atoms with Gasteiger partial charge in [-0.3, -0.25) is 4.79 Å². The lowest BCUT2D eigenvalue weighted by atomic mass is 10.1. The van der Waals surface area contributed by atoms with Crippen LogP contribution in [0.2, 0.25) is 5.02 Å². The summed E-state index contributed by atoms with van der Waals surface area (Å²) in [4.78, 5) is 36.4. The Hall–Kier alpha value is -2.86. The third-order valence-corrected chi connectivity index (χ3v) is 3.73. The van der Waals surface area contributed by atoms with E-state index in [-0.39, 0.29) is 5.75 Å². The van der Waals surface area contributed by atoms with E-state index in [4.69, 9.17) is 21.1 Å². The lowest BCUT2D eigenvalue weighted by molar-refractivity contribution is -0.137. The Balaban J connectivity index is 2.26. The van der Waals surface area contributed by atoms with Gasteiger partial charge in [0.25, 0.3) is 0 Å². The van der Waals surface area contributed by atoms with Gasteiger partial charge in [-0.15, -0.1) is 0 Å². The van der Waals surface area contributed by atoms with E-state index < -0.39 is 29.5 Å². The van der Waals surface area contributed by atoms with Gasteiger partial charge in [0.15, 0.2) is 11.8 Å². The van der Waals surface area contributed by atoms with E-state index in [0.717, 1.165) is 0 Å². The number of alkyl carbamates (subject to hydrolysis) is 1. The summed E-state index contributed by atoms with van der Waals surface area (Å²) in [6.45, 7) is 8.46. The van der Waals surface area contributed by atoms with E-state index in [1.54, 1.807) is 57.2 Å². The first-order valence-electron chi connectivity index (χ1n) is 8.48. The normalized spacial score (nSPS) is 12.0. The van der Waals surface area contributed by atoms with Crippen molar-refractivity contribution >= 4 is 29.4 Å². The van der Waals surface area contributed by atoms with Crippen molar-refractivity contribution in [2.24, 2.45) is 0 Å². The number of carbonyl (C=O) groups is 3. The number of carbonyl (C=O) groups excluding carboxylic acids is 3. The van der Waals surface area contributed by atoms with Crippen LogP contribution in [-0.2, 0) is 9.53 Å². The maximum absolute atomic E-state index is 12.8. The molecule has 1 atom stereocenters. The molecule has 0 aliphatic rings. The summed E-state index contributed by atoms with van der Waals surface area (Å²) in [5.41, 5.74) is 0.0274. The van der Waals surface area contributed by atoms with Crippen LogP contribution in [0.3, 0.4) is 0 Å². The molecule has 1 amide bonds. The highest BCUT2D eigenvalue weighted by atomic mass is 35.5. The van der Waals surface area contributed by atoms with Crippen LogP contribution >= 0.6 is 11.6 Å². The van der Waals surface area contributed by atoms with Gasteiger partial charge in [-0.25, -0.2) is 9.59 Å². The van der Waals surface area contributed by atoms with Crippen LogP contribution in [0.4, 0.5) is 4.79 Å². The molecular formula is C21H21ClNO5. The van der Waals surface area contributed by atoms with Crippen LogP contribution in [0, 0.1) is 6.92 Å². The lowest BCUT2D eigenvalue weighted by Gasteiger charge is -2.23. The molecular weight excluding hydrogens is 382 g/mol. The molecule has 7 heteroatoms. The van der Waals surface area contributed by atoms with Crippen molar-refractivity contribution in [1.29, 1.82) is 0 Å². The summed E-state index contributed by atoms with van der Waals surface area (Å²) >= 11 is 5.90. The highest BCUT2D eigenvalue weighted by molar-refractivity contribution is 6.30. The number of hydrogen-bond donors (Lipinski definition) is 1. The molecule has 2 rings (SSSR count). The fourth-order valence-corrected chi connectivity index (χ4v) is 2.39. The minimum atomic E-state index is -1.13. The third kappa shape index (κ3) is 6.39. The zero-order chi connectivity index (χ0) is 20.9. The van der Waals surface area contributed by atoms with Crippen molar-refractivity contribution < 1.29 is 23.9 Å². The highest BCUT2D eigenvalue weighted by Gasteiger charge is 2.27. The number of hydrogen-bond acceptors (Lipinski definition) is 5. The Morgan fingerprint density at radius 3 is 2.29 bits per heavy atom. The predicted octanol–water partition coefficient (Wildman–Crippen LogP) is 4.53. The molecule has 0 bridgehead atoms. The van der Waals surface area contributed by atoms with Gasteiger partial charge in [0.05, 0.1) is 0 Å². The van der Waals surface area contributed by atoms with Crippen LogP contribution in [-0.4, -0.2) is 23.4 Å². The van der Waals surface area contributed by atoms with E-state index in [1.807, 2.05) is 0 Å². The predicted molar refractivity (Wildman–Crippen MR) is 105 cm³/mol. The number of nitrogens with one attached hydrogen (secondary N) is 1. The summed E-state index contributed by atoms with van der Waals surface area (Å²) in [7, 11) is 0. The van der Waals surface area contributed by atoms with Gasteiger partial charge in [0, 0.05) is 17.5 Å². The number of esters is 1. The SMILES string of the molecule is [CH2]C(=O)c1cccc(OC(=O)C(NC(=O)OC(C)(C)C)c2ccc(Cl)cc2)c1. The molecule has 2 aromatic rings. The van der Waals surface area contributed by atoms with Crippen molar-refractivity contribution in [2.75, 3.05) is 0 Å². The Morgan fingerprint density at radius 1 is 1.07 bits per heavy atom. The molecule has 0 heterocycles. The second-order valence-electron chi connectivity index (χ2n) is 7.00. The zero-order valence-electron chi connectivity index (χ0n) is 15.8. The summed E-state index contributed by atoms with van der Waals surface area (Å²) in [6, 6.07) is 11.3. The lowest BCUT2D eigenvalue weighted by Crippen LogP contribution is -2.39. The Kier molecular flexibility index (Phi) is 6.80. The largest absolute Gasteiger partial charge is 0.444 e. The fourth-order valence-electron chi connectivity index (χ4n) is 2.27. The molecule has 1 N–H and O–H groups in total. The number of ketones is 1. The van der Waals surface area contributed by atoms with Gasteiger partial charge in [-0.2, -0.15) is 0 Å². The number of benzene rings is 2. The second kappa shape index (κ2) is 8.89. The van der Waals surface area contributed by atoms with Crippen LogP contribution < -0.4 is 10.1 Å². The maximum atomic E-state index is 12.8. The van der Waals surface area contributed by atoms with Crippen LogP contribution in [0.1, 0.15) is 42.7 Å². The topological polar surface area (TPSA) is 81.7 Å². The van der Waals surface area contributed by atoms with Crippen molar-refractivity contribution in [2.45, 2.75) is 32.4 Å². The quantitative estimate of drug-likeness (QED) is 0.451. The van der Waals surface area contributed by atoms with Gasteiger partial charge in [-0.05, 0) is 50.6 Å². The average molecular weight is 403 g/mol. The Bertz CT molecular complexity index is 871. The summed E-state index contributed by atoms with van der Waals surface area (Å²) in [5, 5.41) is 2.99. The third-order valence-electron chi connectivity index (χ3n) is 3.47. The number of rotatable bonds is 5. The van der Waals surface area contributed by atoms with E-state index in [0.29, 0.717) is 16.1 Å². The summed E-state index contributed by atoms with van der Waals surface area (Å²) in [6.07, 6.45) is -0.772. The standard InChI is InChI=1S/C21H21ClNO5/c1-13(24)15-6-5-7-17(12-15)27-19(25)18(14-8-10-16(22)11-9-14)23-20(26)28-21(2,3)4/h5-12,18H,1H2,2-4H3,(H,23,26). The Morgan fingerprint density at radius 2 is 1.71 bits per heavy atom. The molecule has 2 aromatic carbocycles. The second-order valence-corrected chi connectivity index (χ2v) is 7.44. The van der Waals surface area contributed by atoms with Crippen molar-refractivity contribution in [3.8, 4) is 5.75 Å². The molecule has 0 aliphatic heterocycles. The molecule has 28 heavy (non-hydrogen) atoms. The fraction of sp³-hybridized carbons (Fsp3) is 0.238. The van der Waals surface area contributed by atoms with Crippen LogP contribution in [0.25, 0.3) is 0 Å². The molecule has 0 saturated heterocycles. The minimum Gasteiger partial charge on any atom is -0.444 e. The van der Waals surface area contributed by atoms with Crippen molar-refractivity contribution in [3.63, 3.8) is 0 Å².